The summed E-state index contributed by atoms with van der Waals surface area (Å²) in [6.07, 6.45) is 5.83. The van der Waals surface area contributed by atoms with Crippen LogP contribution in [0.4, 0.5) is 0 Å². The van der Waals surface area contributed by atoms with Gasteiger partial charge in [0.2, 0.25) is 5.91 Å². The number of amides is 1. The van der Waals surface area contributed by atoms with E-state index in [9.17, 15) is 4.79 Å². The molecule has 6 heteroatoms. The van der Waals surface area contributed by atoms with E-state index in [1.54, 1.807) is 6.20 Å². The van der Waals surface area contributed by atoms with Gasteiger partial charge in [-0.3, -0.25) is 14.7 Å². The zero-order valence-corrected chi connectivity index (χ0v) is 13.0. The number of hydrogen-bond donors (Lipinski definition) is 1. The van der Waals surface area contributed by atoms with Gasteiger partial charge in [0, 0.05) is 45.1 Å². The van der Waals surface area contributed by atoms with E-state index < -0.39 is 0 Å². The number of hydrogen-bond acceptors (Lipinski definition) is 4. The highest BCUT2D eigenvalue weighted by molar-refractivity contribution is 5.85. The number of piperazine rings is 1. The SMILES string of the molecule is Cl.O=C(C1CCCN1)N1CCN(Cc2cccnc2)CC1. The van der Waals surface area contributed by atoms with Gasteiger partial charge in [-0.15, -0.1) is 12.4 Å². The van der Waals surface area contributed by atoms with Gasteiger partial charge in [0.1, 0.15) is 0 Å². The van der Waals surface area contributed by atoms with Crippen molar-refractivity contribution in [3.63, 3.8) is 0 Å². The fourth-order valence-electron chi connectivity index (χ4n) is 2.99. The fourth-order valence-corrected chi connectivity index (χ4v) is 2.99. The molecule has 0 aromatic carbocycles. The van der Waals surface area contributed by atoms with Crippen molar-refractivity contribution in [2.24, 2.45) is 0 Å². The van der Waals surface area contributed by atoms with Crippen LogP contribution in [0, 0.1) is 0 Å². The first-order valence-corrected chi connectivity index (χ1v) is 7.46. The van der Waals surface area contributed by atoms with Crippen LogP contribution in [0.3, 0.4) is 0 Å². The van der Waals surface area contributed by atoms with Crippen LogP contribution < -0.4 is 5.32 Å². The lowest BCUT2D eigenvalue weighted by Gasteiger charge is -2.35. The number of carbonyl (C=O) groups is 1. The maximum atomic E-state index is 12.3. The maximum absolute atomic E-state index is 12.3. The summed E-state index contributed by atoms with van der Waals surface area (Å²) in [5, 5.41) is 3.29. The summed E-state index contributed by atoms with van der Waals surface area (Å²) in [6.45, 7) is 5.50. The minimum atomic E-state index is 0. The summed E-state index contributed by atoms with van der Waals surface area (Å²) in [6, 6.07) is 4.15. The molecule has 0 bridgehead atoms. The Hall–Kier alpha value is -1.17. The molecular weight excluding hydrogens is 288 g/mol. The molecule has 1 amide bonds. The molecule has 1 aromatic heterocycles. The topological polar surface area (TPSA) is 48.5 Å². The zero-order chi connectivity index (χ0) is 13.8. The highest BCUT2D eigenvalue weighted by atomic mass is 35.5. The molecular formula is C15H23ClN4O. The first kappa shape index (κ1) is 16.2. The molecule has 5 nitrogen and oxygen atoms in total. The zero-order valence-electron chi connectivity index (χ0n) is 12.2. The van der Waals surface area contributed by atoms with Crippen LogP contribution in [0.2, 0.25) is 0 Å². The summed E-state index contributed by atoms with van der Waals surface area (Å²) >= 11 is 0. The van der Waals surface area contributed by atoms with E-state index in [-0.39, 0.29) is 18.4 Å². The molecule has 21 heavy (non-hydrogen) atoms. The monoisotopic (exact) mass is 310 g/mol. The van der Waals surface area contributed by atoms with Crippen molar-refractivity contribution in [1.82, 2.24) is 20.1 Å². The molecule has 3 heterocycles. The number of nitrogens with zero attached hydrogens (tertiary/aromatic N) is 3. The van der Waals surface area contributed by atoms with Crippen molar-refractivity contribution in [2.75, 3.05) is 32.7 Å². The van der Waals surface area contributed by atoms with Crippen LogP contribution in [-0.4, -0.2) is 59.5 Å². The Balaban J connectivity index is 0.00000161. The van der Waals surface area contributed by atoms with Crippen molar-refractivity contribution >= 4 is 18.3 Å². The molecule has 2 aliphatic heterocycles. The standard InChI is InChI=1S/C15H22N4O.ClH/c20-15(14-4-2-6-17-14)19-9-7-18(8-10-19)12-13-3-1-5-16-11-13;/h1,3,5,11,14,17H,2,4,6-10,12H2;1H. The smallest absolute Gasteiger partial charge is 0.239 e. The van der Waals surface area contributed by atoms with E-state index in [2.05, 4.69) is 21.3 Å². The van der Waals surface area contributed by atoms with Gasteiger partial charge in [-0.05, 0) is 31.0 Å². The van der Waals surface area contributed by atoms with Crippen molar-refractivity contribution < 1.29 is 4.79 Å². The fraction of sp³-hybridized carbons (Fsp3) is 0.600. The summed E-state index contributed by atoms with van der Waals surface area (Å²) < 4.78 is 0. The van der Waals surface area contributed by atoms with Crippen LogP contribution in [0.15, 0.2) is 24.5 Å². The lowest BCUT2D eigenvalue weighted by atomic mass is 10.1. The Morgan fingerprint density at radius 1 is 1.33 bits per heavy atom. The van der Waals surface area contributed by atoms with Crippen molar-refractivity contribution in [2.45, 2.75) is 25.4 Å². The summed E-state index contributed by atoms with van der Waals surface area (Å²) in [5.74, 6) is 0.295. The van der Waals surface area contributed by atoms with Crippen LogP contribution in [0.25, 0.3) is 0 Å². The van der Waals surface area contributed by atoms with Crippen molar-refractivity contribution in [3.8, 4) is 0 Å². The molecule has 1 N–H and O–H groups in total. The van der Waals surface area contributed by atoms with Gasteiger partial charge in [-0.1, -0.05) is 6.07 Å². The quantitative estimate of drug-likeness (QED) is 0.901. The molecule has 1 aromatic rings. The first-order valence-electron chi connectivity index (χ1n) is 7.46. The van der Waals surface area contributed by atoms with Gasteiger partial charge in [-0.25, -0.2) is 0 Å². The van der Waals surface area contributed by atoms with Gasteiger partial charge >= 0.3 is 0 Å². The number of aromatic nitrogens is 1. The Kier molecular flexibility index (Phi) is 5.96. The van der Waals surface area contributed by atoms with E-state index in [0.717, 1.165) is 52.1 Å². The normalized spacial score (nSPS) is 22.9. The molecule has 0 radical (unpaired) electrons. The van der Waals surface area contributed by atoms with Gasteiger partial charge in [0.05, 0.1) is 6.04 Å². The second-order valence-electron chi connectivity index (χ2n) is 5.61. The molecule has 0 aliphatic carbocycles. The van der Waals surface area contributed by atoms with Crippen molar-refractivity contribution in [1.29, 1.82) is 0 Å². The van der Waals surface area contributed by atoms with Crippen LogP contribution in [0.1, 0.15) is 18.4 Å². The third-order valence-electron chi connectivity index (χ3n) is 4.17. The average Bonchev–Trinajstić information content (AvgIpc) is 3.03. The molecule has 0 saturated carbocycles. The Morgan fingerprint density at radius 2 is 2.14 bits per heavy atom. The third-order valence-corrected chi connectivity index (χ3v) is 4.17. The van der Waals surface area contributed by atoms with Gasteiger partial charge in [0.15, 0.2) is 0 Å². The molecule has 3 rings (SSSR count). The number of halogens is 1. The average molecular weight is 311 g/mol. The number of carbonyl (C=O) groups excluding carboxylic acids is 1. The Morgan fingerprint density at radius 3 is 2.76 bits per heavy atom. The summed E-state index contributed by atoms with van der Waals surface area (Å²) in [7, 11) is 0. The largest absolute Gasteiger partial charge is 0.339 e. The number of rotatable bonds is 3. The molecule has 0 spiro atoms. The number of nitrogens with one attached hydrogen (secondary N) is 1. The minimum absolute atomic E-state index is 0. The first-order chi connectivity index (χ1) is 9.83. The lowest BCUT2D eigenvalue weighted by Crippen LogP contribution is -2.52. The Bertz CT molecular complexity index is 442. The molecule has 1 unspecified atom stereocenters. The molecule has 2 fully saturated rings. The van der Waals surface area contributed by atoms with Gasteiger partial charge < -0.3 is 10.2 Å². The second kappa shape index (κ2) is 7.73. The van der Waals surface area contributed by atoms with E-state index in [4.69, 9.17) is 0 Å². The third kappa shape index (κ3) is 4.15. The number of pyridine rings is 1. The van der Waals surface area contributed by atoms with E-state index in [0.29, 0.717) is 5.91 Å². The second-order valence-corrected chi connectivity index (χ2v) is 5.61. The molecule has 116 valence electrons. The van der Waals surface area contributed by atoms with Gasteiger partial charge in [-0.2, -0.15) is 0 Å². The van der Waals surface area contributed by atoms with Crippen LogP contribution >= 0.6 is 12.4 Å². The Labute approximate surface area is 132 Å². The predicted molar refractivity (Wildman–Crippen MR) is 84.4 cm³/mol. The molecule has 2 saturated heterocycles. The van der Waals surface area contributed by atoms with Gasteiger partial charge in [0.25, 0.3) is 0 Å². The maximum Gasteiger partial charge on any atom is 0.239 e. The minimum Gasteiger partial charge on any atom is -0.339 e. The summed E-state index contributed by atoms with van der Waals surface area (Å²) in [5.41, 5.74) is 1.24. The van der Waals surface area contributed by atoms with E-state index >= 15 is 0 Å². The predicted octanol–water partition coefficient (Wildman–Crippen LogP) is 0.900. The van der Waals surface area contributed by atoms with Crippen molar-refractivity contribution in [3.05, 3.63) is 30.1 Å². The van der Waals surface area contributed by atoms with E-state index in [1.807, 2.05) is 17.2 Å². The lowest BCUT2D eigenvalue weighted by molar-refractivity contribution is -0.134. The molecule has 2 aliphatic rings. The highest BCUT2D eigenvalue weighted by Crippen LogP contribution is 2.12. The molecule has 1 atom stereocenters. The highest BCUT2D eigenvalue weighted by Gasteiger charge is 2.28. The summed E-state index contributed by atoms with van der Waals surface area (Å²) in [4.78, 5) is 20.9. The van der Waals surface area contributed by atoms with Crippen LogP contribution in [0.5, 0.6) is 0 Å². The van der Waals surface area contributed by atoms with E-state index in [1.165, 1.54) is 5.56 Å². The van der Waals surface area contributed by atoms with Crippen LogP contribution in [-0.2, 0) is 11.3 Å².